The number of nitrogens with zero attached hydrogens (tertiary/aromatic N) is 1. The summed E-state index contributed by atoms with van der Waals surface area (Å²) >= 11 is 0. The summed E-state index contributed by atoms with van der Waals surface area (Å²) in [6.45, 7) is 3.41. The van der Waals surface area contributed by atoms with Crippen LogP contribution in [0.25, 0.3) is 10.9 Å². The lowest BCUT2D eigenvalue weighted by Crippen LogP contribution is -2.39. The van der Waals surface area contributed by atoms with Crippen molar-refractivity contribution in [2.24, 2.45) is 0 Å². The van der Waals surface area contributed by atoms with Crippen molar-refractivity contribution in [3.05, 3.63) is 70.2 Å². The number of esters is 1. The fourth-order valence-corrected chi connectivity index (χ4v) is 3.77. The molecule has 35 heavy (non-hydrogen) atoms. The Kier molecular flexibility index (Phi) is 6.87. The standard InChI is InChI=1S/C23H19F7N2O3/c1-4-32-17-7-11(2)14(21(34)35-3)8-13(17)10-18(32)20(33)31-19(23(28,29)30)12-5-6-16(24)15(9-12)22(25,26)27/h5-10,19H,4H2,1-3H3,(H,31,33). The molecule has 0 spiro atoms. The average Bonchev–Trinajstić information content (AvgIpc) is 3.12. The lowest BCUT2D eigenvalue weighted by Gasteiger charge is -2.23. The first-order chi connectivity index (χ1) is 16.2. The van der Waals surface area contributed by atoms with Gasteiger partial charge in [-0.25, -0.2) is 9.18 Å². The Morgan fingerprint density at radius 2 is 1.71 bits per heavy atom. The van der Waals surface area contributed by atoms with Crippen molar-refractivity contribution < 1.29 is 45.1 Å². The molecule has 188 valence electrons. The van der Waals surface area contributed by atoms with E-state index in [9.17, 15) is 40.3 Å². The van der Waals surface area contributed by atoms with Crippen LogP contribution in [0.15, 0.2) is 36.4 Å². The van der Waals surface area contributed by atoms with E-state index in [4.69, 9.17) is 4.74 Å². The maximum Gasteiger partial charge on any atom is 0.419 e. The Bertz CT molecular complexity index is 1290. The van der Waals surface area contributed by atoms with Crippen LogP contribution in [0.1, 0.15) is 50.5 Å². The third kappa shape index (κ3) is 5.10. The van der Waals surface area contributed by atoms with Crippen molar-refractivity contribution in [2.75, 3.05) is 7.11 Å². The molecule has 3 rings (SSSR count). The Morgan fingerprint density at radius 1 is 1.06 bits per heavy atom. The Morgan fingerprint density at radius 3 is 2.26 bits per heavy atom. The van der Waals surface area contributed by atoms with E-state index in [1.54, 1.807) is 25.2 Å². The minimum atomic E-state index is -5.23. The summed E-state index contributed by atoms with van der Waals surface area (Å²) in [6.07, 6.45) is -10.4. The van der Waals surface area contributed by atoms with Crippen LogP contribution < -0.4 is 5.32 Å². The van der Waals surface area contributed by atoms with E-state index < -0.39 is 47.2 Å². The molecule has 0 saturated heterocycles. The number of carbonyl (C=O) groups is 2. The summed E-state index contributed by atoms with van der Waals surface area (Å²) in [7, 11) is 1.18. The molecule has 0 aliphatic heterocycles. The number of hydrogen-bond acceptors (Lipinski definition) is 3. The predicted molar refractivity (Wildman–Crippen MR) is 111 cm³/mol. The van der Waals surface area contributed by atoms with E-state index in [2.05, 4.69) is 0 Å². The van der Waals surface area contributed by atoms with Gasteiger partial charge >= 0.3 is 18.3 Å². The van der Waals surface area contributed by atoms with Crippen LogP contribution in [0.2, 0.25) is 0 Å². The van der Waals surface area contributed by atoms with Gasteiger partial charge in [0.2, 0.25) is 0 Å². The number of rotatable bonds is 5. The van der Waals surface area contributed by atoms with Gasteiger partial charge in [-0.2, -0.15) is 26.3 Å². The van der Waals surface area contributed by atoms with Crippen molar-refractivity contribution in [3.63, 3.8) is 0 Å². The Hall–Kier alpha value is -3.57. The first-order valence-electron chi connectivity index (χ1n) is 10.2. The molecule has 0 aliphatic carbocycles. The minimum Gasteiger partial charge on any atom is -0.465 e. The monoisotopic (exact) mass is 504 g/mol. The number of hydrogen-bond donors (Lipinski definition) is 1. The number of aryl methyl sites for hydroxylation is 2. The Labute approximate surface area is 194 Å². The molecule has 12 heteroatoms. The quantitative estimate of drug-likeness (QED) is 0.345. The zero-order chi connectivity index (χ0) is 26.3. The van der Waals surface area contributed by atoms with Crippen molar-refractivity contribution in [1.82, 2.24) is 9.88 Å². The smallest absolute Gasteiger partial charge is 0.419 e. The van der Waals surface area contributed by atoms with Crippen LogP contribution in [-0.4, -0.2) is 29.7 Å². The van der Waals surface area contributed by atoms with E-state index in [1.165, 1.54) is 23.8 Å². The molecule has 0 saturated carbocycles. The van der Waals surface area contributed by atoms with Crippen molar-refractivity contribution in [1.29, 1.82) is 0 Å². The van der Waals surface area contributed by atoms with E-state index in [1.807, 2.05) is 0 Å². The van der Waals surface area contributed by atoms with Crippen LogP contribution in [0, 0.1) is 12.7 Å². The van der Waals surface area contributed by atoms with Crippen LogP contribution in [0.4, 0.5) is 30.7 Å². The highest BCUT2D eigenvalue weighted by molar-refractivity contribution is 6.02. The molecule has 1 unspecified atom stereocenters. The molecular formula is C23H19F7N2O3. The Balaban J connectivity index is 2.07. The van der Waals surface area contributed by atoms with Gasteiger partial charge in [-0.1, -0.05) is 6.07 Å². The van der Waals surface area contributed by atoms with Crippen molar-refractivity contribution in [2.45, 2.75) is 38.8 Å². The van der Waals surface area contributed by atoms with Crippen LogP contribution in [0.5, 0.6) is 0 Å². The highest BCUT2D eigenvalue weighted by Gasteiger charge is 2.44. The lowest BCUT2D eigenvalue weighted by molar-refractivity contribution is -0.156. The van der Waals surface area contributed by atoms with Gasteiger partial charge in [0.05, 0.1) is 18.2 Å². The molecule has 0 radical (unpaired) electrons. The van der Waals surface area contributed by atoms with Gasteiger partial charge in [0.15, 0.2) is 6.04 Å². The number of nitrogens with one attached hydrogen (secondary N) is 1. The van der Waals surface area contributed by atoms with Gasteiger partial charge in [-0.3, -0.25) is 4.79 Å². The molecule has 1 aromatic heterocycles. The van der Waals surface area contributed by atoms with Gasteiger partial charge in [-0.15, -0.1) is 0 Å². The van der Waals surface area contributed by atoms with E-state index in [0.717, 1.165) is 0 Å². The fraction of sp³-hybridized carbons (Fsp3) is 0.304. The minimum absolute atomic E-state index is 0.0230. The van der Waals surface area contributed by atoms with Crippen molar-refractivity contribution in [3.8, 4) is 0 Å². The molecule has 2 aromatic carbocycles. The largest absolute Gasteiger partial charge is 0.465 e. The predicted octanol–water partition coefficient (Wildman–Crippen LogP) is 5.95. The molecule has 0 bridgehead atoms. The average molecular weight is 504 g/mol. The topological polar surface area (TPSA) is 60.3 Å². The van der Waals surface area contributed by atoms with E-state index in [0.29, 0.717) is 22.5 Å². The summed E-state index contributed by atoms with van der Waals surface area (Å²) in [5.74, 6) is -3.61. The second kappa shape index (κ2) is 9.23. The second-order valence-electron chi connectivity index (χ2n) is 7.68. The molecule has 5 nitrogen and oxygen atoms in total. The second-order valence-corrected chi connectivity index (χ2v) is 7.68. The normalized spacial score (nSPS) is 13.1. The summed E-state index contributed by atoms with van der Waals surface area (Å²) in [5.41, 5.74) is -1.93. The van der Waals surface area contributed by atoms with Crippen LogP contribution in [0.3, 0.4) is 0 Å². The SMILES string of the molecule is CCn1c(C(=O)NC(c2ccc(F)c(C(F)(F)F)c2)C(F)(F)F)cc2cc(C(=O)OC)c(C)cc21. The third-order valence-corrected chi connectivity index (χ3v) is 5.43. The molecule has 1 heterocycles. The number of ether oxygens (including phenoxy) is 1. The first kappa shape index (κ1) is 26.0. The van der Waals surface area contributed by atoms with Gasteiger partial charge in [0, 0.05) is 17.4 Å². The summed E-state index contributed by atoms with van der Waals surface area (Å²) in [6, 6.07) is 2.24. The van der Waals surface area contributed by atoms with Gasteiger partial charge in [0.1, 0.15) is 11.5 Å². The zero-order valence-electron chi connectivity index (χ0n) is 18.6. The highest BCUT2D eigenvalue weighted by atomic mass is 19.4. The number of amides is 1. The van der Waals surface area contributed by atoms with E-state index >= 15 is 0 Å². The molecule has 0 aliphatic rings. The van der Waals surface area contributed by atoms with Crippen LogP contribution >= 0.6 is 0 Å². The molecule has 1 N–H and O–H groups in total. The number of aromatic nitrogens is 1. The number of alkyl halides is 6. The fourth-order valence-electron chi connectivity index (χ4n) is 3.77. The zero-order valence-corrected chi connectivity index (χ0v) is 18.6. The molecular weight excluding hydrogens is 485 g/mol. The van der Waals surface area contributed by atoms with Crippen molar-refractivity contribution >= 4 is 22.8 Å². The highest BCUT2D eigenvalue weighted by Crippen LogP contribution is 2.38. The summed E-state index contributed by atoms with van der Waals surface area (Å²) in [4.78, 5) is 24.9. The van der Waals surface area contributed by atoms with E-state index in [-0.39, 0.29) is 29.9 Å². The third-order valence-electron chi connectivity index (χ3n) is 5.43. The first-order valence-corrected chi connectivity index (χ1v) is 10.2. The number of benzene rings is 2. The maximum atomic E-state index is 13.8. The number of halogens is 7. The molecule has 0 fully saturated rings. The molecule has 3 aromatic rings. The van der Waals surface area contributed by atoms with Gasteiger partial charge in [0.25, 0.3) is 5.91 Å². The number of carbonyl (C=O) groups excluding carboxylic acids is 2. The molecule has 1 atom stereocenters. The summed E-state index contributed by atoms with van der Waals surface area (Å²) < 4.78 is 100. The lowest BCUT2D eigenvalue weighted by atomic mass is 10.0. The van der Waals surface area contributed by atoms with Crippen LogP contribution in [-0.2, 0) is 17.5 Å². The maximum absolute atomic E-state index is 13.8. The molecule has 1 amide bonds. The number of fused-ring (bicyclic) bond motifs is 1. The number of methoxy groups -OCH3 is 1. The van der Waals surface area contributed by atoms with Gasteiger partial charge < -0.3 is 14.6 Å². The van der Waals surface area contributed by atoms with Gasteiger partial charge in [-0.05, 0) is 55.3 Å². The summed E-state index contributed by atoms with van der Waals surface area (Å²) in [5, 5.41) is 2.09.